The molecule has 0 bridgehead atoms. The van der Waals surface area contributed by atoms with E-state index < -0.39 is 21.9 Å². The number of anilines is 1. The van der Waals surface area contributed by atoms with E-state index in [0.29, 0.717) is 17.7 Å². The number of carbonyl (C=O) groups is 2. The lowest BCUT2D eigenvalue weighted by atomic mass is 10.1. The van der Waals surface area contributed by atoms with Crippen molar-refractivity contribution in [3.63, 3.8) is 0 Å². The van der Waals surface area contributed by atoms with Crippen molar-refractivity contribution in [2.75, 3.05) is 17.2 Å². The zero-order chi connectivity index (χ0) is 14.0. The van der Waals surface area contributed by atoms with Crippen molar-refractivity contribution < 1.29 is 21.9 Å². The van der Waals surface area contributed by atoms with Crippen molar-refractivity contribution >= 4 is 28.2 Å². The van der Waals surface area contributed by atoms with Gasteiger partial charge in [0.2, 0.25) is 5.91 Å². The SMILES string of the molecule is O=Cc1ccc(N2CC(CS(=O)(=O)F)CC2=O)nc1. The van der Waals surface area contributed by atoms with Crippen molar-refractivity contribution in [3.05, 3.63) is 23.9 Å². The highest BCUT2D eigenvalue weighted by Crippen LogP contribution is 2.24. The molecule has 6 nitrogen and oxygen atoms in total. The first-order valence-corrected chi connectivity index (χ1v) is 7.08. The lowest BCUT2D eigenvalue weighted by Crippen LogP contribution is -2.26. The second-order valence-electron chi connectivity index (χ2n) is 4.35. The highest BCUT2D eigenvalue weighted by molar-refractivity contribution is 7.86. The van der Waals surface area contributed by atoms with Crippen molar-refractivity contribution in [2.24, 2.45) is 5.92 Å². The predicted molar refractivity (Wildman–Crippen MR) is 65.0 cm³/mol. The summed E-state index contributed by atoms with van der Waals surface area (Å²) in [5.41, 5.74) is 0.373. The van der Waals surface area contributed by atoms with Gasteiger partial charge >= 0.3 is 10.2 Å². The zero-order valence-corrected chi connectivity index (χ0v) is 10.6. The molecule has 0 radical (unpaired) electrons. The minimum absolute atomic E-state index is 0.0275. The van der Waals surface area contributed by atoms with Crippen LogP contribution in [-0.2, 0) is 15.0 Å². The number of aromatic nitrogens is 1. The Morgan fingerprint density at radius 1 is 1.47 bits per heavy atom. The average Bonchev–Trinajstić information content (AvgIpc) is 2.68. The molecule has 2 rings (SSSR count). The highest BCUT2D eigenvalue weighted by Gasteiger charge is 2.34. The van der Waals surface area contributed by atoms with Gasteiger partial charge in [0.05, 0.1) is 5.75 Å². The van der Waals surface area contributed by atoms with E-state index in [9.17, 15) is 21.9 Å². The van der Waals surface area contributed by atoms with Crippen molar-refractivity contribution in [3.8, 4) is 0 Å². The summed E-state index contributed by atoms with van der Waals surface area (Å²) in [6, 6.07) is 3.00. The van der Waals surface area contributed by atoms with E-state index in [-0.39, 0.29) is 18.9 Å². The molecule has 0 aliphatic carbocycles. The Morgan fingerprint density at radius 2 is 2.21 bits per heavy atom. The summed E-state index contributed by atoms with van der Waals surface area (Å²) < 4.78 is 33.7. The predicted octanol–water partition coefficient (Wildman–Crippen LogP) is 0.546. The molecule has 1 unspecified atom stereocenters. The van der Waals surface area contributed by atoms with Gasteiger partial charge in [-0.3, -0.25) is 14.5 Å². The van der Waals surface area contributed by atoms with Gasteiger partial charge in [-0.2, -0.15) is 8.42 Å². The number of carbonyl (C=O) groups excluding carboxylic acids is 2. The minimum Gasteiger partial charge on any atom is -0.298 e. The number of hydrogen-bond acceptors (Lipinski definition) is 5. The average molecular weight is 286 g/mol. The van der Waals surface area contributed by atoms with Crippen LogP contribution in [0, 0.1) is 5.92 Å². The molecule has 1 aliphatic heterocycles. The number of amides is 1. The van der Waals surface area contributed by atoms with Crippen LogP contribution in [0.5, 0.6) is 0 Å². The Bertz CT molecular complexity index is 600. The summed E-state index contributed by atoms with van der Waals surface area (Å²) in [5, 5.41) is 0. The standard InChI is InChI=1S/C11H11FN2O4S/c12-19(17,18)7-9-3-11(16)14(5-9)10-2-1-8(6-15)4-13-10/h1-2,4,6,9H,3,5,7H2. The number of nitrogens with zero attached hydrogens (tertiary/aromatic N) is 2. The van der Waals surface area contributed by atoms with Gasteiger partial charge in [-0.25, -0.2) is 4.98 Å². The van der Waals surface area contributed by atoms with Crippen LogP contribution in [0.25, 0.3) is 0 Å². The van der Waals surface area contributed by atoms with Crippen LogP contribution in [0.1, 0.15) is 16.8 Å². The molecule has 1 fully saturated rings. The molecule has 1 atom stereocenters. The van der Waals surface area contributed by atoms with Gasteiger partial charge in [0.1, 0.15) is 5.82 Å². The first kappa shape index (κ1) is 13.6. The molecule has 1 amide bonds. The van der Waals surface area contributed by atoms with Crippen molar-refractivity contribution in [1.82, 2.24) is 4.98 Å². The lowest BCUT2D eigenvalue weighted by Gasteiger charge is -2.15. The highest BCUT2D eigenvalue weighted by atomic mass is 32.3. The number of hydrogen-bond donors (Lipinski definition) is 0. The second-order valence-corrected chi connectivity index (χ2v) is 5.76. The second kappa shape index (κ2) is 5.04. The molecule has 1 aromatic rings. The topological polar surface area (TPSA) is 84.4 Å². The maximum atomic E-state index is 12.6. The quantitative estimate of drug-likeness (QED) is 0.596. The first-order valence-electron chi connectivity index (χ1n) is 5.53. The number of aldehydes is 1. The smallest absolute Gasteiger partial charge is 0.298 e. The first-order chi connectivity index (χ1) is 8.89. The monoisotopic (exact) mass is 286 g/mol. The maximum absolute atomic E-state index is 12.6. The van der Waals surface area contributed by atoms with E-state index in [4.69, 9.17) is 0 Å². The fourth-order valence-corrected chi connectivity index (χ4v) is 2.81. The van der Waals surface area contributed by atoms with E-state index in [0.717, 1.165) is 0 Å². The number of pyridine rings is 1. The molecule has 1 saturated heterocycles. The fraction of sp³-hybridized carbons (Fsp3) is 0.364. The van der Waals surface area contributed by atoms with Crippen molar-refractivity contribution in [1.29, 1.82) is 0 Å². The Labute approximate surface area is 109 Å². The van der Waals surface area contributed by atoms with Crippen LogP contribution in [0.2, 0.25) is 0 Å². The summed E-state index contributed by atoms with van der Waals surface area (Å²) in [4.78, 5) is 27.4. The summed E-state index contributed by atoms with van der Waals surface area (Å²) in [6.07, 6.45) is 1.91. The van der Waals surface area contributed by atoms with E-state index in [1.54, 1.807) is 0 Å². The van der Waals surface area contributed by atoms with Crippen LogP contribution in [0.3, 0.4) is 0 Å². The molecule has 2 heterocycles. The molecule has 0 spiro atoms. The van der Waals surface area contributed by atoms with Gasteiger partial charge < -0.3 is 0 Å². The summed E-state index contributed by atoms with van der Waals surface area (Å²) in [7, 11) is -4.59. The minimum atomic E-state index is -4.59. The zero-order valence-electron chi connectivity index (χ0n) is 9.82. The van der Waals surface area contributed by atoms with Gasteiger partial charge in [-0.05, 0) is 12.1 Å². The van der Waals surface area contributed by atoms with Gasteiger partial charge in [0, 0.05) is 30.6 Å². The third-order valence-corrected chi connectivity index (χ3v) is 3.69. The Balaban J connectivity index is 2.13. The molecule has 1 aromatic heterocycles. The van der Waals surface area contributed by atoms with E-state index in [1.165, 1.54) is 23.2 Å². The summed E-state index contributed by atoms with van der Waals surface area (Å²) in [5.74, 6) is -1.22. The molecular weight excluding hydrogens is 275 g/mol. The number of halogens is 1. The summed E-state index contributed by atoms with van der Waals surface area (Å²) >= 11 is 0. The van der Waals surface area contributed by atoms with Crippen LogP contribution < -0.4 is 4.90 Å². The molecule has 102 valence electrons. The lowest BCUT2D eigenvalue weighted by molar-refractivity contribution is -0.117. The normalized spacial score (nSPS) is 19.7. The molecule has 0 saturated carbocycles. The molecule has 19 heavy (non-hydrogen) atoms. The van der Waals surface area contributed by atoms with Crippen LogP contribution in [0.15, 0.2) is 18.3 Å². The largest absolute Gasteiger partial charge is 0.302 e. The van der Waals surface area contributed by atoms with Gasteiger partial charge in [0.25, 0.3) is 0 Å². The molecule has 8 heteroatoms. The van der Waals surface area contributed by atoms with Gasteiger partial charge in [0.15, 0.2) is 6.29 Å². The Morgan fingerprint density at radius 3 is 2.74 bits per heavy atom. The Kier molecular flexibility index (Phi) is 3.61. The van der Waals surface area contributed by atoms with E-state index >= 15 is 0 Å². The van der Waals surface area contributed by atoms with Crippen molar-refractivity contribution in [2.45, 2.75) is 6.42 Å². The number of rotatable bonds is 4. The van der Waals surface area contributed by atoms with Crippen LogP contribution >= 0.6 is 0 Å². The maximum Gasteiger partial charge on any atom is 0.302 e. The summed E-state index contributed by atoms with van der Waals surface area (Å²) in [6.45, 7) is 0.107. The fourth-order valence-electron chi connectivity index (χ4n) is 2.02. The van der Waals surface area contributed by atoms with Crippen LogP contribution in [0.4, 0.5) is 9.70 Å². The van der Waals surface area contributed by atoms with Gasteiger partial charge in [-0.1, -0.05) is 0 Å². The van der Waals surface area contributed by atoms with Gasteiger partial charge in [-0.15, -0.1) is 3.89 Å². The third-order valence-electron chi connectivity index (χ3n) is 2.82. The van der Waals surface area contributed by atoms with Crippen LogP contribution in [-0.4, -0.2) is 37.9 Å². The van der Waals surface area contributed by atoms with E-state index in [1.807, 2.05) is 0 Å². The molecular formula is C11H11FN2O4S. The van der Waals surface area contributed by atoms with E-state index in [2.05, 4.69) is 4.98 Å². The molecule has 1 aliphatic rings. The molecule has 0 aromatic carbocycles. The third kappa shape index (κ3) is 3.34. The Hall–Kier alpha value is -1.83. The molecule has 0 N–H and O–H groups in total.